The first-order chi connectivity index (χ1) is 12.0. The molecule has 6 heteroatoms. The summed E-state index contributed by atoms with van der Waals surface area (Å²) in [6, 6.07) is 13.9. The Morgan fingerprint density at radius 2 is 1.72 bits per heavy atom. The molecule has 0 amide bonds. The van der Waals surface area contributed by atoms with Crippen molar-refractivity contribution < 1.29 is 19.1 Å². The third-order valence-electron chi connectivity index (χ3n) is 3.25. The normalized spacial score (nSPS) is 10.9. The van der Waals surface area contributed by atoms with Gasteiger partial charge in [0.05, 0.1) is 13.7 Å². The molecule has 2 aromatic rings. The van der Waals surface area contributed by atoms with E-state index in [0.717, 1.165) is 4.47 Å². The monoisotopic (exact) mass is 403 g/mol. The Morgan fingerprint density at radius 1 is 1.08 bits per heavy atom. The van der Waals surface area contributed by atoms with Gasteiger partial charge in [-0.2, -0.15) is 0 Å². The van der Waals surface area contributed by atoms with Crippen molar-refractivity contribution in [2.24, 2.45) is 0 Å². The summed E-state index contributed by atoms with van der Waals surface area (Å²) in [6.45, 7) is 2.44. The average Bonchev–Trinajstić information content (AvgIpc) is 2.63. The maximum Gasteiger partial charge on any atom is 0.354 e. The van der Waals surface area contributed by atoms with E-state index in [2.05, 4.69) is 21.2 Å². The zero-order valence-electron chi connectivity index (χ0n) is 13.9. The molecule has 0 aliphatic heterocycles. The molecule has 0 spiro atoms. The van der Waals surface area contributed by atoms with E-state index in [1.54, 1.807) is 36.4 Å². The summed E-state index contributed by atoms with van der Waals surface area (Å²) in [7, 11) is 1.26. The number of carbonyl (C=O) groups excluding carboxylic acids is 2. The van der Waals surface area contributed by atoms with Crippen LogP contribution < -0.4 is 10.1 Å². The number of methoxy groups -OCH3 is 1. The molecule has 0 aliphatic rings. The van der Waals surface area contributed by atoms with Gasteiger partial charge < -0.3 is 14.8 Å². The van der Waals surface area contributed by atoms with Crippen molar-refractivity contribution in [3.63, 3.8) is 0 Å². The minimum atomic E-state index is -0.623. The minimum Gasteiger partial charge on any atom is -0.494 e. The Morgan fingerprint density at radius 3 is 2.28 bits per heavy atom. The molecule has 0 saturated heterocycles. The molecule has 5 nitrogen and oxygen atoms in total. The fourth-order valence-corrected chi connectivity index (χ4v) is 2.31. The second-order valence-electron chi connectivity index (χ2n) is 5.00. The van der Waals surface area contributed by atoms with Crippen LogP contribution in [0.5, 0.6) is 5.75 Å². The van der Waals surface area contributed by atoms with Crippen LogP contribution in [0.3, 0.4) is 0 Å². The quantitative estimate of drug-likeness (QED) is 0.426. The lowest BCUT2D eigenvalue weighted by Crippen LogP contribution is -2.15. The summed E-state index contributed by atoms with van der Waals surface area (Å²) >= 11 is 3.34. The van der Waals surface area contributed by atoms with Gasteiger partial charge in [0.25, 0.3) is 0 Å². The van der Waals surface area contributed by atoms with Gasteiger partial charge in [0, 0.05) is 21.8 Å². The molecule has 2 aromatic carbocycles. The number of hydrogen-bond donors (Lipinski definition) is 1. The number of ether oxygens (including phenoxy) is 2. The smallest absolute Gasteiger partial charge is 0.354 e. The van der Waals surface area contributed by atoms with E-state index in [9.17, 15) is 9.59 Å². The van der Waals surface area contributed by atoms with Crippen molar-refractivity contribution in [3.05, 3.63) is 70.3 Å². The summed E-state index contributed by atoms with van der Waals surface area (Å²) < 4.78 is 11.0. The highest BCUT2D eigenvalue weighted by molar-refractivity contribution is 9.10. The molecular formula is C19H18BrNO4. The van der Waals surface area contributed by atoms with E-state index >= 15 is 0 Å². The van der Waals surface area contributed by atoms with Crippen LogP contribution >= 0.6 is 15.9 Å². The van der Waals surface area contributed by atoms with Gasteiger partial charge in [-0.3, -0.25) is 4.79 Å². The first kappa shape index (κ1) is 18.7. The topological polar surface area (TPSA) is 64.6 Å². The Bertz CT molecular complexity index is 767. The highest BCUT2D eigenvalue weighted by atomic mass is 79.9. The Hall–Kier alpha value is -2.60. The molecule has 0 bridgehead atoms. The molecule has 0 radical (unpaired) electrons. The van der Waals surface area contributed by atoms with Gasteiger partial charge in [-0.15, -0.1) is 0 Å². The third kappa shape index (κ3) is 5.46. The van der Waals surface area contributed by atoms with Gasteiger partial charge in [-0.05, 0) is 55.5 Å². The summed E-state index contributed by atoms with van der Waals surface area (Å²) in [5.74, 6) is -0.250. The Kier molecular flexibility index (Phi) is 6.77. The molecule has 0 fully saturated rings. The molecule has 2 rings (SSSR count). The molecule has 0 unspecified atom stereocenters. The van der Waals surface area contributed by atoms with Crippen LogP contribution in [0.1, 0.15) is 17.3 Å². The number of anilines is 1. The molecule has 0 aliphatic carbocycles. The molecule has 0 aromatic heterocycles. The second kappa shape index (κ2) is 9.03. The standard InChI is InChI=1S/C19H18BrNO4/c1-3-25-16-10-4-13(5-11-16)18(22)12-17(19(23)24-2)21-15-8-6-14(20)7-9-15/h4-12,21H,3H2,1-2H3/b17-12-. The van der Waals surface area contributed by atoms with Crippen LogP contribution in [-0.2, 0) is 9.53 Å². The SMILES string of the molecule is CCOc1ccc(C(=O)/C=C(\Nc2ccc(Br)cc2)C(=O)OC)cc1. The number of allylic oxidation sites excluding steroid dienone is 1. The van der Waals surface area contributed by atoms with Gasteiger partial charge >= 0.3 is 5.97 Å². The van der Waals surface area contributed by atoms with Gasteiger partial charge in [-0.25, -0.2) is 4.79 Å². The van der Waals surface area contributed by atoms with Gasteiger partial charge in [0.1, 0.15) is 11.4 Å². The number of esters is 1. The van der Waals surface area contributed by atoms with Crippen molar-refractivity contribution in [2.75, 3.05) is 19.0 Å². The number of halogens is 1. The first-order valence-corrected chi connectivity index (χ1v) is 8.42. The lowest BCUT2D eigenvalue weighted by atomic mass is 10.1. The molecule has 25 heavy (non-hydrogen) atoms. The van der Waals surface area contributed by atoms with Gasteiger partial charge in [0.2, 0.25) is 0 Å². The zero-order valence-corrected chi connectivity index (χ0v) is 15.5. The van der Waals surface area contributed by atoms with E-state index < -0.39 is 5.97 Å². The lowest BCUT2D eigenvalue weighted by Gasteiger charge is -2.09. The van der Waals surface area contributed by atoms with Crippen molar-refractivity contribution >= 4 is 33.4 Å². The highest BCUT2D eigenvalue weighted by Crippen LogP contribution is 2.17. The van der Waals surface area contributed by atoms with Crippen molar-refractivity contribution in [2.45, 2.75) is 6.92 Å². The second-order valence-corrected chi connectivity index (χ2v) is 5.92. The van der Waals surface area contributed by atoms with Crippen LogP contribution in [0.15, 0.2) is 64.8 Å². The largest absolute Gasteiger partial charge is 0.494 e. The lowest BCUT2D eigenvalue weighted by molar-refractivity contribution is -0.135. The van der Waals surface area contributed by atoms with Crippen molar-refractivity contribution in [1.82, 2.24) is 0 Å². The third-order valence-corrected chi connectivity index (χ3v) is 3.78. The van der Waals surface area contributed by atoms with E-state index in [4.69, 9.17) is 9.47 Å². The number of ketones is 1. The van der Waals surface area contributed by atoms with Crippen LogP contribution in [0.25, 0.3) is 0 Å². The van der Waals surface area contributed by atoms with Gasteiger partial charge in [0.15, 0.2) is 5.78 Å². The van der Waals surface area contributed by atoms with E-state index in [-0.39, 0.29) is 11.5 Å². The summed E-state index contributed by atoms with van der Waals surface area (Å²) in [5, 5.41) is 2.91. The summed E-state index contributed by atoms with van der Waals surface area (Å²) in [4.78, 5) is 24.4. The van der Waals surface area contributed by atoms with Crippen molar-refractivity contribution in [1.29, 1.82) is 0 Å². The van der Waals surface area contributed by atoms with E-state index in [0.29, 0.717) is 23.6 Å². The Labute approximate surface area is 154 Å². The van der Waals surface area contributed by atoms with Gasteiger partial charge in [-0.1, -0.05) is 15.9 Å². The minimum absolute atomic E-state index is 0.0590. The fourth-order valence-electron chi connectivity index (χ4n) is 2.04. The van der Waals surface area contributed by atoms with Crippen molar-refractivity contribution in [3.8, 4) is 5.75 Å². The maximum absolute atomic E-state index is 12.4. The predicted molar refractivity (Wildman–Crippen MR) is 99.8 cm³/mol. The molecule has 0 saturated carbocycles. The summed E-state index contributed by atoms with van der Waals surface area (Å²) in [6.07, 6.45) is 1.23. The number of rotatable bonds is 7. The van der Waals surface area contributed by atoms with Crippen LogP contribution in [0.4, 0.5) is 5.69 Å². The molecule has 1 N–H and O–H groups in total. The molecule has 0 heterocycles. The molecular weight excluding hydrogens is 386 g/mol. The maximum atomic E-state index is 12.4. The Balaban J connectivity index is 2.22. The average molecular weight is 404 g/mol. The molecule has 130 valence electrons. The summed E-state index contributed by atoms with van der Waals surface area (Å²) in [5.41, 5.74) is 1.17. The molecule has 0 atom stereocenters. The van der Waals surface area contributed by atoms with Crippen LogP contribution in [-0.4, -0.2) is 25.5 Å². The predicted octanol–water partition coefficient (Wildman–Crippen LogP) is 4.20. The zero-order chi connectivity index (χ0) is 18.2. The number of nitrogens with one attached hydrogen (secondary N) is 1. The van der Waals surface area contributed by atoms with Crippen LogP contribution in [0, 0.1) is 0 Å². The first-order valence-electron chi connectivity index (χ1n) is 7.63. The number of hydrogen-bond acceptors (Lipinski definition) is 5. The number of carbonyl (C=O) groups is 2. The fraction of sp³-hybridized carbons (Fsp3) is 0.158. The van der Waals surface area contributed by atoms with E-state index in [1.165, 1.54) is 13.2 Å². The van der Waals surface area contributed by atoms with E-state index in [1.807, 2.05) is 19.1 Å². The highest BCUT2D eigenvalue weighted by Gasteiger charge is 2.13. The van der Waals surface area contributed by atoms with Crippen LogP contribution in [0.2, 0.25) is 0 Å². The number of benzene rings is 2.